The van der Waals surface area contributed by atoms with E-state index in [-0.39, 0.29) is 4.90 Å². The first-order valence-corrected chi connectivity index (χ1v) is 7.04. The summed E-state index contributed by atoms with van der Waals surface area (Å²) in [4.78, 5) is 0.214. The molecule has 1 N–H and O–H groups in total. The SMILES string of the molecule is Cc1ccc(S(=O)(=O)n2cccc2C(C)O)cc1. The lowest BCUT2D eigenvalue weighted by atomic mass is 10.2. The van der Waals surface area contributed by atoms with Gasteiger partial charge in [0.15, 0.2) is 0 Å². The zero-order chi connectivity index (χ0) is 13.3. The second-order valence-corrected chi connectivity index (χ2v) is 6.04. The smallest absolute Gasteiger partial charge is 0.267 e. The standard InChI is InChI=1S/C13H15NO3S/c1-10-5-7-12(8-6-10)18(16,17)14-9-3-4-13(14)11(2)15/h3-9,11,15H,1-2H3. The van der Waals surface area contributed by atoms with Gasteiger partial charge >= 0.3 is 0 Å². The van der Waals surface area contributed by atoms with Crippen LogP contribution in [-0.4, -0.2) is 17.5 Å². The molecule has 0 aliphatic heterocycles. The average molecular weight is 265 g/mol. The molecule has 2 rings (SSSR count). The monoisotopic (exact) mass is 265 g/mol. The lowest BCUT2D eigenvalue weighted by molar-refractivity contribution is 0.193. The summed E-state index contributed by atoms with van der Waals surface area (Å²) in [5.74, 6) is 0. The second kappa shape index (κ2) is 4.59. The molecular formula is C13H15NO3S. The van der Waals surface area contributed by atoms with Crippen LogP contribution in [0.2, 0.25) is 0 Å². The molecule has 0 saturated carbocycles. The Balaban J connectivity index is 2.55. The average Bonchev–Trinajstić information content (AvgIpc) is 2.79. The van der Waals surface area contributed by atoms with Crippen LogP contribution in [0.25, 0.3) is 0 Å². The molecule has 1 heterocycles. The Labute approximate surface area is 107 Å². The number of aromatic nitrogens is 1. The van der Waals surface area contributed by atoms with Gasteiger partial charge in [-0.1, -0.05) is 17.7 Å². The zero-order valence-electron chi connectivity index (χ0n) is 10.2. The zero-order valence-corrected chi connectivity index (χ0v) is 11.1. The Morgan fingerprint density at radius 3 is 2.33 bits per heavy atom. The predicted molar refractivity (Wildman–Crippen MR) is 68.8 cm³/mol. The minimum Gasteiger partial charge on any atom is -0.387 e. The van der Waals surface area contributed by atoms with Crippen LogP contribution in [0.15, 0.2) is 47.5 Å². The van der Waals surface area contributed by atoms with E-state index in [0.717, 1.165) is 9.54 Å². The molecule has 1 unspecified atom stereocenters. The Morgan fingerprint density at radius 1 is 1.17 bits per heavy atom. The van der Waals surface area contributed by atoms with Crippen LogP contribution in [-0.2, 0) is 10.0 Å². The highest BCUT2D eigenvalue weighted by Gasteiger charge is 2.20. The van der Waals surface area contributed by atoms with Crippen molar-refractivity contribution in [2.45, 2.75) is 24.8 Å². The number of hydrogen-bond donors (Lipinski definition) is 1. The summed E-state index contributed by atoms with van der Waals surface area (Å²) < 4.78 is 25.9. The lowest BCUT2D eigenvalue weighted by Gasteiger charge is -2.12. The topological polar surface area (TPSA) is 59.3 Å². The molecule has 1 aromatic carbocycles. The molecule has 4 nitrogen and oxygen atoms in total. The fourth-order valence-corrected chi connectivity index (χ4v) is 3.17. The Kier molecular flexibility index (Phi) is 3.28. The van der Waals surface area contributed by atoms with Gasteiger partial charge in [-0.15, -0.1) is 0 Å². The van der Waals surface area contributed by atoms with E-state index in [1.54, 1.807) is 36.4 Å². The molecule has 18 heavy (non-hydrogen) atoms. The van der Waals surface area contributed by atoms with Crippen molar-refractivity contribution in [1.29, 1.82) is 0 Å². The van der Waals surface area contributed by atoms with Gasteiger partial charge in [0.25, 0.3) is 10.0 Å². The number of benzene rings is 1. The summed E-state index contributed by atoms with van der Waals surface area (Å²) in [5.41, 5.74) is 1.35. The molecule has 5 heteroatoms. The molecule has 2 aromatic rings. The number of hydrogen-bond acceptors (Lipinski definition) is 3. The highest BCUT2D eigenvalue weighted by Crippen LogP contribution is 2.20. The molecular weight excluding hydrogens is 250 g/mol. The molecule has 0 radical (unpaired) electrons. The molecule has 0 bridgehead atoms. The first-order valence-electron chi connectivity index (χ1n) is 5.60. The second-order valence-electron chi connectivity index (χ2n) is 4.22. The summed E-state index contributed by atoms with van der Waals surface area (Å²) in [7, 11) is -3.63. The van der Waals surface area contributed by atoms with Crippen LogP contribution in [0.4, 0.5) is 0 Å². The maximum absolute atomic E-state index is 12.4. The fraction of sp³-hybridized carbons (Fsp3) is 0.231. The van der Waals surface area contributed by atoms with E-state index in [1.165, 1.54) is 13.1 Å². The molecule has 0 saturated heterocycles. The maximum Gasteiger partial charge on any atom is 0.267 e. The van der Waals surface area contributed by atoms with E-state index in [4.69, 9.17) is 0 Å². The first kappa shape index (κ1) is 12.9. The molecule has 0 aliphatic rings. The van der Waals surface area contributed by atoms with Crippen molar-refractivity contribution in [3.05, 3.63) is 53.9 Å². The molecule has 96 valence electrons. The fourth-order valence-electron chi connectivity index (χ4n) is 1.75. The number of rotatable bonds is 3. The summed E-state index contributed by atoms with van der Waals surface area (Å²) in [6.07, 6.45) is 0.609. The molecule has 1 aromatic heterocycles. The highest BCUT2D eigenvalue weighted by atomic mass is 32.2. The van der Waals surface area contributed by atoms with Crippen molar-refractivity contribution in [1.82, 2.24) is 3.97 Å². The van der Waals surface area contributed by atoms with E-state index >= 15 is 0 Å². The van der Waals surface area contributed by atoms with Gasteiger partial charge < -0.3 is 5.11 Å². The number of aliphatic hydroxyl groups excluding tert-OH is 1. The van der Waals surface area contributed by atoms with Gasteiger partial charge in [0.2, 0.25) is 0 Å². The van der Waals surface area contributed by atoms with Gasteiger partial charge in [-0.25, -0.2) is 12.4 Å². The van der Waals surface area contributed by atoms with Crippen LogP contribution in [0.3, 0.4) is 0 Å². The third-order valence-electron chi connectivity index (χ3n) is 2.75. The molecule has 0 fully saturated rings. The third kappa shape index (κ3) is 2.19. The summed E-state index contributed by atoms with van der Waals surface area (Å²) in [6.45, 7) is 3.43. The van der Waals surface area contributed by atoms with Gasteiger partial charge in [0.05, 0.1) is 16.7 Å². The normalized spacial score (nSPS) is 13.5. The van der Waals surface area contributed by atoms with E-state index in [0.29, 0.717) is 5.69 Å². The maximum atomic E-state index is 12.4. The van der Waals surface area contributed by atoms with Crippen LogP contribution in [0, 0.1) is 6.92 Å². The molecule has 1 atom stereocenters. The van der Waals surface area contributed by atoms with Gasteiger partial charge in [-0.2, -0.15) is 0 Å². The van der Waals surface area contributed by atoms with E-state index in [2.05, 4.69) is 0 Å². The lowest BCUT2D eigenvalue weighted by Crippen LogP contribution is -2.16. The number of nitrogens with zero attached hydrogens (tertiary/aromatic N) is 1. The summed E-state index contributed by atoms with van der Waals surface area (Å²) in [6, 6.07) is 9.83. The Hall–Kier alpha value is -1.59. The molecule has 0 spiro atoms. The van der Waals surface area contributed by atoms with Crippen molar-refractivity contribution in [2.24, 2.45) is 0 Å². The van der Waals surface area contributed by atoms with Gasteiger partial charge in [0.1, 0.15) is 0 Å². The van der Waals surface area contributed by atoms with Crippen molar-refractivity contribution < 1.29 is 13.5 Å². The molecule has 0 aliphatic carbocycles. The number of aliphatic hydroxyl groups is 1. The quantitative estimate of drug-likeness (QED) is 0.924. The number of aryl methyl sites for hydroxylation is 1. The van der Waals surface area contributed by atoms with Crippen LogP contribution in [0.5, 0.6) is 0 Å². The Bertz CT molecular complexity index is 639. The van der Waals surface area contributed by atoms with Crippen molar-refractivity contribution in [3.8, 4) is 0 Å². The summed E-state index contributed by atoms with van der Waals surface area (Å²) in [5, 5.41) is 9.56. The first-order chi connectivity index (χ1) is 8.43. The van der Waals surface area contributed by atoms with Crippen molar-refractivity contribution in [3.63, 3.8) is 0 Å². The van der Waals surface area contributed by atoms with E-state index in [9.17, 15) is 13.5 Å². The molecule has 0 amide bonds. The highest BCUT2D eigenvalue weighted by molar-refractivity contribution is 7.90. The van der Waals surface area contributed by atoms with Gasteiger partial charge in [0, 0.05) is 6.20 Å². The van der Waals surface area contributed by atoms with Crippen LogP contribution < -0.4 is 0 Å². The third-order valence-corrected chi connectivity index (χ3v) is 4.47. The summed E-state index contributed by atoms with van der Waals surface area (Å²) >= 11 is 0. The van der Waals surface area contributed by atoms with Gasteiger partial charge in [-0.3, -0.25) is 0 Å². The van der Waals surface area contributed by atoms with Gasteiger partial charge in [-0.05, 0) is 38.1 Å². The van der Waals surface area contributed by atoms with Crippen molar-refractivity contribution in [2.75, 3.05) is 0 Å². The minimum atomic E-state index is -3.63. The predicted octanol–water partition coefficient (Wildman–Crippen LogP) is 2.09. The van der Waals surface area contributed by atoms with E-state index < -0.39 is 16.1 Å². The van der Waals surface area contributed by atoms with Crippen molar-refractivity contribution >= 4 is 10.0 Å². The van der Waals surface area contributed by atoms with Crippen LogP contribution in [0.1, 0.15) is 24.3 Å². The van der Waals surface area contributed by atoms with E-state index in [1.807, 2.05) is 6.92 Å². The van der Waals surface area contributed by atoms with Crippen LogP contribution >= 0.6 is 0 Å². The minimum absolute atomic E-state index is 0.214. The Morgan fingerprint density at radius 2 is 1.78 bits per heavy atom. The largest absolute Gasteiger partial charge is 0.387 e.